The summed E-state index contributed by atoms with van der Waals surface area (Å²) in [6.45, 7) is 0. The van der Waals surface area contributed by atoms with Gasteiger partial charge in [-0.25, -0.2) is 4.79 Å². The molecule has 0 aliphatic rings. The summed E-state index contributed by atoms with van der Waals surface area (Å²) in [7, 11) is 1.38. The maximum absolute atomic E-state index is 12.6. The van der Waals surface area contributed by atoms with Crippen LogP contribution in [0.2, 0.25) is 0 Å². The second kappa shape index (κ2) is 7.49. The molecule has 0 atom stereocenters. The number of rotatable bonds is 4. The lowest BCUT2D eigenvalue weighted by molar-refractivity contribution is 0.0601. The Bertz CT molecular complexity index is 1160. The van der Waals surface area contributed by atoms with Gasteiger partial charge < -0.3 is 4.74 Å². The fourth-order valence-corrected chi connectivity index (χ4v) is 3.63. The number of methoxy groups -OCH3 is 1. The Hall–Kier alpha value is -3.72. The fourth-order valence-electron chi connectivity index (χ4n) is 3.63. The Kier molecular flexibility index (Phi) is 4.73. The van der Waals surface area contributed by atoms with Crippen LogP contribution in [0.3, 0.4) is 0 Å². The maximum Gasteiger partial charge on any atom is 0.338 e. The highest BCUT2D eigenvalue weighted by molar-refractivity contribution is 6.15. The SMILES string of the molecule is COC(=O)c1ccc2ccc(C=O)c(-c3ccccc3)c2c1-c1ccccc1. The van der Waals surface area contributed by atoms with E-state index in [0.717, 1.165) is 39.3 Å². The van der Waals surface area contributed by atoms with Gasteiger partial charge in [0.2, 0.25) is 0 Å². The third-order valence-corrected chi connectivity index (χ3v) is 4.88. The molecule has 0 spiro atoms. The Labute approximate surface area is 163 Å². The van der Waals surface area contributed by atoms with Gasteiger partial charge in [0.1, 0.15) is 0 Å². The van der Waals surface area contributed by atoms with Crippen molar-refractivity contribution in [1.82, 2.24) is 0 Å². The minimum Gasteiger partial charge on any atom is -0.465 e. The molecule has 0 aromatic heterocycles. The predicted molar refractivity (Wildman–Crippen MR) is 112 cm³/mol. The zero-order valence-corrected chi connectivity index (χ0v) is 15.4. The van der Waals surface area contributed by atoms with E-state index in [1.165, 1.54) is 7.11 Å². The first-order chi connectivity index (χ1) is 13.7. The summed E-state index contributed by atoms with van der Waals surface area (Å²) in [5.41, 5.74) is 4.47. The molecule has 0 heterocycles. The average Bonchev–Trinajstić information content (AvgIpc) is 2.78. The lowest BCUT2D eigenvalue weighted by atomic mass is 9.86. The number of esters is 1. The van der Waals surface area contributed by atoms with Crippen molar-refractivity contribution in [2.24, 2.45) is 0 Å². The molecular formula is C25H18O3. The van der Waals surface area contributed by atoms with Gasteiger partial charge in [-0.1, -0.05) is 78.9 Å². The molecule has 3 nitrogen and oxygen atoms in total. The van der Waals surface area contributed by atoms with Gasteiger partial charge >= 0.3 is 5.97 Å². The molecule has 0 amide bonds. The molecule has 136 valence electrons. The molecule has 4 aromatic carbocycles. The van der Waals surface area contributed by atoms with Crippen LogP contribution in [0.4, 0.5) is 0 Å². The average molecular weight is 366 g/mol. The number of ether oxygens (including phenoxy) is 1. The molecular weight excluding hydrogens is 348 g/mol. The zero-order chi connectivity index (χ0) is 19.5. The third-order valence-electron chi connectivity index (χ3n) is 4.88. The van der Waals surface area contributed by atoms with Gasteiger partial charge in [-0.15, -0.1) is 0 Å². The van der Waals surface area contributed by atoms with Crippen molar-refractivity contribution in [2.45, 2.75) is 0 Å². The van der Waals surface area contributed by atoms with Crippen LogP contribution in [0.5, 0.6) is 0 Å². The Morgan fingerprint density at radius 2 is 1.32 bits per heavy atom. The van der Waals surface area contributed by atoms with Gasteiger partial charge in [0.05, 0.1) is 12.7 Å². The number of benzene rings is 4. The molecule has 3 heteroatoms. The van der Waals surface area contributed by atoms with E-state index in [1.807, 2.05) is 78.9 Å². The molecule has 0 saturated carbocycles. The van der Waals surface area contributed by atoms with Gasteiger partial charge in [-0.05, 0) is 28.0 Å². The van der Waals surface area contributed by atoms with Crippen molar-refractivity contribution >= 4 is 23.0 Å². The van der Waals surface area contributed by atoms with Gasteiger partial charge in [-0.2, -0.15) is 0 Å². The second-order valence-electron chi connectivity index (χ2n) is 6.46. The molecule has 0 radical (unpaired) electrons. The van der Waals surface area contributed by atoms with Crippen LogP contribution < -0.4 is 0 Å². The molecule has 4 aromatic rings. The maximum atomic E-state index is 12.6. The van der Waals surface area contributed by atoms with E-state index >= 15 is 0 Å². The highest BCUT2D eigenvalue weighted by Gasteiger charge is 2.20. The number of carbonyl (C=O) groups excluding carboxylic acids is 2. The Morgan fingerprint density at radius 3 is 1.89 bits per heavy atom. The lowest BCUT2D eigenvalue weighted by Gasteiger charge is -2.17. The first-order valence-corrected chi connectivity index (χ1v) is 8.98. The normalized spacial score (nSPS) is 10.6. The molecule has 0 aliphatic carbocycles. The molecule has 0 N–H and O–H groups in total. The van der Waals surface area contributed by atoms with E-state index < -0.39 is 5.97 Å². The van der Waals surface area contributed by atoms with Crippen molar-refractivity contribution in [3.8, 4) is 22.3 Å². The minimum absolute atomic E-state index is 0.406. The smallest absolute Gasteiger partial charge is 0.338 e. The van der Waals surface area contributed by atoms with Crippen LogP contribution in [0.1, 0.15) is 20.7 Å². The topological polar surface area (TPSA) is 43.4 Å². The molecule has 28 heavy (non-hydrogen) atoms. The standard InChI is InChI=1S/C25H18O3/c1-28-25(27)21-15-14-19-12-13-20(16-26)22(17-8-4-2-5-9-17)24(19)23(21)18-10-6-3-7-11-18/h2-16H,1H3. The summed E-state index contributed by atoms with van der Waals surface area (Å²) in [6, 6.07) is 26.9. The number of carbonyl (C=O) groups is 2. The first-order valence-electron chi connectivity index (χ1n) is 8.98. The van der Waals surface area contributed by atoms with Crippen molar-refractivity contribution in [3.05, 3.63) is 96.1 Å². The molecule has 0 saturated heterocycles. The van der Waals surface area contributed by atoms with Crippen molar-refractivity contribution in [3.63, 3.8) is 0 Å². The summed E-state index contributed by atoms with van der Waals surface area (Å²) in [4.78, 5) is 24.4. The van der Waals surface area contributed by atoms with Crippen LogP contribution in [-0.4, -0.2) is 19.4 Å². The third kappa shape index (κ3) is 2.97. The monoisotopic (exact) mass is 366 g/mol. The van der Waals surface area contributed by atoms with Crippen molar-refractivity contribution in [1.29, 1.82) is 0 Å². The van der Waals surface area contributed by atoms with Gasteiger partial charge in [0.15, 0.2) is 6.29 Å². The first kappa shape index (κ1) is 17.7. The number of hydrogen-bond donors (Lipinski definition) is 0. The fraction of sp³-hybridized carbons (Fsp3) is 0.0400. The molecule has 0 unspecified atom stereocenters. The second-order valence-corrected chi connectivity index (χ2v) is 6.46. The van der Waals surface area contributed by atoms with Crippen LogP contribution in [0.15, 0.2) is 84.9 Å². The van der Waals surface area contributed by atoms with Crippen LogP contribution in [0, 0.1) is 0 Å². The Balaban J connectivity index is 2.22. The largest absolute Gasteiger partial charge is 0.465 e. The quantitative estimate of drug-likeness (QED) is 0.340. The van der Waals surface area contributed by atoms with Crippen LogP contribution in [0.25, 0.3) is 33.0 Å². The summed E-state index contributed by atoms with van der Waals surface area (Å²) >= 11 is 0. The zero-order valence-electron chi connectivity index (χ0n) is 15.4. The van der Waals surface area contributed by atoms with Crippen molar-refractivity contribution < 1.29 is 14.3 Å². The summed E-state index contributed by atoms with van der Waals surface area (Å²) in [5, 5.41) is 1.82. The van der Waals surface area contributed by atoms with E-state index in [1.54, 1.807) is 6.07 Å². The number of fused-ring (bicyclic) bond motifs is 1. The highest BCUT2D eigenvalue weighted by atomic mass is 16.5. The van der Waals surface area contributed by atoms with E-state index in [2.05, 4.69) is 0 Å². The van der Waals surface area contributed by atoms with Crippen molar-refractivity contribution in [2.75, 3.05) is 7.11 Å². The molecule has 0 bridgehead atoms. The summed E-state index contributed by atoms with van der Waals surface area (Å²) in [6.07, 6.45) is 0.862. The molecule has 4 rings (SSSR count). The number of aldehydes is 1. The minimum atomic E-state index is -0.406. The van der Waals surface area contributed by atoms with Gasteiger partial charge in [0.25, 0.3) is 0 Å². The van der Waals surface area contributed by atoms with E-state index in [0.29, 0.717) is 11.1 Å². The summed E-state index contributed by atoms with van der Waals surface area (Å²) in [5.74, 6) is -0.406. The number of hydrogen-bond acceptors (Lipinski definition) is 3. The van der Waals surface area contributed by atoms with Crippen LogP contribution >= 0.6 is 0 Å². The van der Waals surface area contributed by atoms with E-state index in [-0.39, 0.29) is 0 Å². The van der Waals surface area contributed by atoms with Gasteiger partial charge in [0, 0.05) is 16.7 Å². The van der Waals surface area contributed by atoms with Gasteiger partial charge in [-0.3, -0.25) is 4.79 Å². The molecule has 0 aliphatic heterocycles. The molecule has 0 fully saturated rings. The van der Waals surface area contributed by atoms with Crippen LogP contribution in [-0.2, 0) is 4.74 Å². The predicted octanol–water partition coefficient (Wildman–Crippen LogP) is 5.77. The highest BCUT2D eigenvalue weighted by Crippen LogP contribution is 2.40. The summed E-state index contributed by atoms with van der Waals surface area (Å²) < 4.78 is 5.04. The Morgan fingerprint density at radius 1 is 0.750 bits per heavy atom. The van der Waals surface area contributed by atoms with E-state index in [9.17, 15) is 9.59 Å². The lowest BCUT2D eigenvalue weighted by Crippen LogP contribution is -2.05. The van der Waals surface area contributed by atoms with E-state index in [4.69, 9.17) is 4.74 Å².